The number of phosphoric acid groups is 1. The minimum absolute atomic E-state index is 0.101. The fourth-order valence-corrected chi connectivity index (χ4v) is 8.12. The zero-order valence-corrected chi connectivity index (χ0v) is 42.5. The molecule has 1 fully saturated rings. The van der Waals surface area contributed by atoms with Crippen LogP contribution in [-0.4, -0.2) is 98.9 Å². The van der Waals surface area contributed by atoms with E-state index in [1.807, 2.05) is 12.2 Å². The molecule has 0 aromatic rings. The van der Waals surface area contributed by atoms with E-state index in [0.29, 0.717) is 19.4 Å². The quantitative estimate of drug-likeness (QED) is 0.0147. The van der Waals surface area contributed by atoms with Crippen molar-refractivity contribution in [2.75, 3.05) is 19.8 Å². The van der Waals surface area contributed by atoms with Crippen molar-refractivity contribution in [2.45, 2.75) is 211 Å². The summed E-state index contributed by atoms with van der Waals surface area (Å²) in [6, 6.07) is 0. The van der Waals surface area contributed by atoms with Gasteiger partial charge >= 0.3 is 13.8 Å². The lowest BCUT2D eigenvalue weighted by atomic mass is 9.85. The third-order valence-electron chi connectivity index (χ3n) is 11.1. The van der Waals surface area contributed by atoms with Crippen LogP contribution in [0.3, 0.4) is 0 Å². The number of unbranched alkanes of at least 4 members (excludes halogenated alkanes) is 12. The third kappa shape index (κ3) is 35.2. The Morgan fingerprint density at radius 3 is 1.25 bits per heavy atom. The van der Waals surface area contributed by atoms with E-state index >= 15 is 0 Å². The number of ether oxygens (including phenoxy) is 2. The Kier molecular flexibility index (Phi) is 40.8. The average Bonchev–Trinajstić information content (AvgIpc) is 3.32. The molecule has 0 saturated heterocycles. The fraction of sp³-hybridized carbons (Fsp3) is 0.655. The first-order chi connectivity index (χ1) is 33.0. The maximum absolute atomic E-state index is 12.9. The van der Waals surface area contributed by atoms with Crippen molar-refractivity contribution < 1.29 is 58.3 Å². The van der Waals surface area contributed by atoms with Gasteiger partial charge in [0, 0.05) is 13.0 Å². The number of esters is 1. The van der Waals surface area contributed by atoms with Crippen LogP contribution in [0.1, 0.15) is 168 Å². The minimum atomic E-state index is -5.05. The van der Waals surface area contributed by atoms with E-state index in [9.17, 15) is 39.8 Å². The highest BCUT2D eigenvalue weighted by Gasteiger charge is 2.51. The predicted molar refractivity (Wildman–Crippen MR) is 276 cm³/mol. The Morgan fingerprint density at radius 2 is 0.824 bits per heavy atom. The van der Waals surface area contributed by atoms with Crippen LogP contribution in [0.25, 0.3) is 0 Å². The molecule has 13 heteroatoms. The van der Waals surface area contributed by atoms with Gasteiger partial charge in [0.2, 0.25) is 0 Å². The number of carbonyl (C=O) groups is 1. The van der Waals surface area contributed by atoms with Gasteiger partial charge in [-0.2, -0.15) is 0 Å². The lowest BCUT2D eigenvalue weighted by Gasteiger charge is -2.41. The summed E-state index contributed by atoms with van der Waals surface area (Å²) in [7, 11) is -5.05. The van der Waals surface area contributed by atoms with Crippen LogP contribution in [0.15, 0.2) is 109 Å². The number of aliphatic hydroxyl groups is 5. The van der Waals surface area contributed by atoms with E-state index in [1.165, 1.54) is 44.9 Å². The van der Waals surface area contributed by atoms with Gasteiger partial charge in [-0.15, -0.1) is 0 Å². The zero-order valence-electron chi connectivity index (χ0n) is 41.6. The minimum Gasteiger partial charge on any atom is -0.457 e. The van der Waals surface area contributed by atoms with Crippen LogP contribution >= 0.6 is 7.82 Å². The van der Waals surface area contributed by atoms with Gasteiger partial charge in [-0.05, 0) is 89.9 Å². The third-order valence-corrected chi connectivity index (χ3v) is 12.1. The van der Waals surface area contributed by atoms with Crippen LogP contribution in [0, 0.1) is 0 Å². The van der Waals surface area contributed by atoms with Gasteiger partial charge in [-0.1, -0.05) is 181 Å². The van der Waals surface area contributed by atoms with Crippen LogP contribution in [0.5, 0.6) is 0 Å². The Hall–Kier alpha value is -3.00. The van der Waals surface area contributed by atoms with Gasteiger partial charge in [0.05, 0.1) is 13.2 Å². The van der Waals surface area contributed by atoms with E-state index in [2.05, 4.69) is 111 Å². The number of carbonyl (C=O) groups excluding carboxylic acids is 1. The van der Waals surface area contributed by atoms with Crippen molar-refractivity contribution in [1.82, 2.24) is 0 Å². The van der Waals surface area contributed by atoms with Crippen molar-refractivity contribution in [3.8, 4) is 0 Å². The molecular weight excluding hydrogens is 884 g/mol. The molecule has 0 amide bonds. The molecule has 388 valence electrons. The van der Waals surface area contributed by atoms with Gasteiger partial charge < -0.3 is 39.9 Å². The summed E-state index contributed by atoms with van der Waals surface area (Å²) in [6.45, 7) is 3.96. The molecule has 1 aliphatic rings. The second-order valence-corrected chi connectivity index (χ2v) is 18.7. The Bertz CT molecular complexity index is 1530. The zero-order chi connectivity index (χ0) is 49.8. The van der Waals surface area contributed by atoms with Crippen LogP contribution in [-0.2, 0) is 27.9 Å². The van der Waals surface area contributed by atoms with Crippen LogP contribution < -0.4 is 0 Å². The molecule has 0 aliphatic heterocycles. The van der Waals surface area contributed by atoms with Gasteiger partial charge in [0.15, 0.2) is 0 Å². The van der Waals surface area contributed by atoms with Gasteiger partial charge in [0.1, 0.15) is 42.7 Å². The second kappa shape index (κ2) is 44.0. The molecule has 0 spiro atoms. The standard InChI is InChI=1S/C55H91O12P/c1-3-5-7-9-11-13-15-17-19-21-22-23-24-25-26-27-29-31-33-35-37-39-41-43-45-64-46-48(47-65-68(62,63)67-55-53(60)51(58)50(57)52(59)54(55)61)66-49(56)44-42-40-38-36-34-32-30-28-20-18-16-14-12-10-8-6-4-2/h5-8,11-14,17-20,22-23,30,32,36,38,48,50-55,57-61H,3-4,9-10,15-16,21,24-29,31,33-35,37,39-47H2,1-2H3,(H,62,63)/b7-5-,8-6-,13-11-,14-12-,19-17-,20-18-,23-22-,32-30-,38-36-. The topological polar surface area (TPSA) is 192 Å². The number of aliphatic hydroxyl groups excluding tert-OH is 5. The molecule has 0 aromatic heterocycles. The lowest BCUT2D eigenvalue weighted by molar-refractivity contribution is -0.220. The highest BCUT2D eigenvalue weighted by atomic mass is 31.2. The number of hydrogen-bond acceptors (Lipinski definition) is 11. The molecule has 0 radical (unpaired) electrons. The van der Waals surface area contributed by atoms with Gasteiger partial charge in [0.25, 0.3) is 0 Å². The van der Waals surface area contributed by atoms with E-state index in [-0.39, 0.29) is 13.0 Å². The molecule has 6 N–H and O–H groups in total. The van der Waals surface area contributed by atoms with Crippen molar-refractivity contribution in [2.24, 2.45) is 0 Å². The molecule has 6 unspecified atom stereocenters. The monoisotopic (exact) mass is 975 g/mol. The van der Waals surface area contributed by atoms with Crippen molar-refractivity contribution >= 4 is 13.8 Å². The highest BCUT2D eigenvalue weighted by molar-refractivity contribution is 7.47. The molecule has 0 heterocycles. The number of rotatable bonds is 42. The summed E-state index contributed by atoms with van der Waals surface area (Å²) >= 11 is 0. The van der Waals surface area contributed by atoms with E-state index < -0.39 is 63.1 Å². The van der Waals surface area contributed by atoms with Crippen LogP contribution in [0.4, 0.5) is 0 Å². The van der Waals surface area contributed by atoms with Crippen molar-refractivity contribution in [3.63, 3.8) is 0 Å². The summed E-state index contributed by atoms with van der Waals surface area (Å²) in [6.07, 6.45) is 50.2. The molecule has 12 nitrogen and oxygen atoms in total. The summed E-state index contributed by atoms with van der Waals surface area (Å²) < 4.78 is 34.2. The largest absolute Gasteiger partial charge is 0.472 e. The highest BCUT2D eigenvalue weighted by Crippen LogP contribution is 2.47. The first kappa shape index (κ1) is 63.0. The van der Waals surface area contributed by atoms with E-state index in [1.54, 1.807) is 0 Å². The second-order valence-electron chi connectivity index (χ2n) is 17.3. The maximum Gasteiger partial charge on any atom is 0.472 e. The SMILES string of the molecule is CC/C=C\C/C=C\C/C=C\C/C=C\C/C=C\CCCC(=O)OC(COCCCCCCCCCCCCC/C=C\C/C=C\C/C=C\C/C=C\CC)COP(=O)(O)OC1C(O)C(O)C(O)C(O)C1O. The molecular formula is C55H91O12P. The summed E-state index contributed by atoms with van der Waals surface area (Å²) in [5.74, 6) is -0.538. The van der Waals surface area contributed by atoms with E-state index in [0.717, 1.165) is 89.9 Å². The molecule has 1 rings (SSSR count). The average molecular weight is 975 g/mol. The molecule has 1 aliphatic carbocycles. The number of allylic oxidation sites excluding steroid dienone is 18. The van der Waals surface area contributed by atoms with Crippen molar-refractivity contribution in [1.29, 1.82) is 0 Å². The smallest absolute Gasteiger partial charge is 0.457 e. The van der Waals surface area contributed by atoms with Gasteiger partial charge in [-0.25, -0.2) is 4.57 Å². The molecule has 1 saturated carbocycles. The normalized spacial score (nSPS) is 22.1. The lowest BCUT2D eigenvalue weighted by Crippen LogP contribution is -2.64. The molecule has 0 bridgehead atoms. The van der Waals surface area contributed by atoms with E-state index in [4.69, 9.17) is 18.5 Å². The first-order valence-electron chi connectivity index (χ1n) is 25.7. The molecule has 68 heavy (non-hydrogen) atoms. The predicted octanol–water partition coefficient (Wildman–Crippen LogP) is 11.6. The summed E-state index contributed by atoms with van der Waals surface area (Å²) in [4.78, 5) is 23.2. The fourth-order valence-electron chi connectivity index (χ4n) is 7.15. The summed E-state index contributed by atoms with van der Waals surface area (Å²) in [5, 5.41) is 50.3. The van der Waals surface area contributed by atoms with Gasteiger partial charge in [-0.3, -0.25) is 13.8 Å². The summed E-state index contributed by atoms with van der Waals surface area (Å²) in [5.41, 5.74) is 0. The van der Waals surface area contributed by atoms with Crippen molar-refractivity contribution in [3.05, 3.63) is 109 Å². The van der Waals surface area contributed by atoms with Crippen LogP contribution in [0.2, 0.25) is 0 Å². The molecule has 0 aromatic carbocycles. The Labute approximate surface area is 410 Å². The maximum atomic E-state index is 12.9. The number of phosphoric ester groups is 1. The molecule has 6 atom stereocenters. The Balaban J connectivity index is 2.37. The Morgan fingerprint density at radius 1 is 0.471 bits per heavy atom. The number of hydrogen-bond donors (Lipinski definition) is 6. The first-order valence-corrected chi connectivity index (χ1v) is 27.2.